The number of nitrogens with one attached hydrogen (secondary N) is 1. The maximum Gasteiger partial charge on any atom is 0.328 e. The third kappa shape index (κ3) is 11.3. The zero-order valence-corrected chi connectivity index (χ0v) is 31.7. The number of amides is 1. The zero-order chi connectivity index (χ0) is 39.9. The van der Waals surface area contributed by atoms with Gasteiger partial charge in [0.2, 0.25) is 17.4 Å². The third-order valence-corrected chi connectivity index (χ3v) is 8.77. The molecule has 4 aromatic rings. The summed E-state index contributed by atoms with van der Waals surface area (Å²) in [6, 6.07) is 15.5. The number of carbonyl (C=O) groups excluding carboxylic acids is 1. The van der Waals surface area contributed by atoms with Crippen LogP contribution in [0.25, 0.3) is 22.5 Å². The largest absolute Gasteiger partial charge is 0.493 e. The number of pyridine rings is 2. The molecule has 0 atom stereocenters. The Morgan fingerprint density at radius 3 is 1.51 bits per heavy atom. The van der Waals surface area contributed by atoms with Crippen molar-refractivity contribution < 1.29 is 54.4 Å². The van der Waals surface area contributed by atoms with Crippen molar-refractivity contribution in [2.24, 2.45) is 5.92 Å². The molecular formula is C40H48N4O11. The molecule has 0 unspecified atom stereocenters. The number of piperidine rings is 1. The number of rotatable bonds is 15. The number of aromatic nitrogens is 2. The van der Waals surface area contributed by atoms with E-state index in [4.69, 9.17) is 38.6 Å². The molecule has 2 aromatic heterocycles. The minimum atomic E-state index is -1.26. The van der Waals surface area contributed by atoms with Crippen LogP contribution in [0.5, 0.6) is 34.5 Å². The molecule has 55 heavy (non-hydrogen) atoms. The molecule has 3 N–H and O–H groups in total. The third-order valence-electron chi connectivity index (χ3n) is 8.77. The van der Waals surface area contributed by atoms with Crippen LogP contribution in [0.15, 0.2) is 73.1 Å². The highest BCUT2D eigenvalue weighted by molar-refractivity contribution is 5.89. The van der Waals surface area contributed by atoms with Gasteiger partial charge in [-0.1, -0.05) is 0 Å². The number of nitrogens with zero attached hydrogens (tertiary/aromatic N) is 3. The Balaban J connectivity index is 0.000000843. The molecule has 1 aliphatic rings. The lowest BCUT2D eigenvalue weighted by atomic mass is 9.95. The number of aliphatic carboxylic acids is 2. The number of carboxylic acids is 2. The van der Waals surface area contributed by atoms with Gasteiger partial charge in [0.25, 0.3) is 0 Å². The summed E-state index contributed by atoms with van der Waals surface area (Å²) in [5.41, 5.74) is 5.36. The molecular weight excluding hydrogens is 712 g/mol. The number of ether oxygens (including phenoxy) is 6. The first-order valence-corrected chi connectivity index (χ1v) is 17.2. The fourth-order valence-corrected chi connectivity index (χ4v) is 6.02. The van der Waals surface area contributed by atoms with Gasteiger partial charge in [-0.3, -0.25) is 19.7 Å². The van der Waals surface area contributed by atoms with Crippen LogP contribution in [0.4, 0.5) is 0 Å². The van der Waals surface area contributed by atoms with E-state index in [1.165, 1.54) is 0 Å². The van der Waals surface area contributed by atoms with Crippen molar-refractivity contribution in [3.05, 3.63) is 84.2 Å². The van der Waals surface area contributed by atoms with Crippen molar-refractivity contribution in [1.82, 2.24) is 20.2 Å². The molecule has 0 bridgehead atoms. The molecule has 1 fully saturated rings. The molecule has 3 heterocycles. The van der Waals surface area contributed by atoms with E-state index in [1.54, 1.807) is 48.9 Å². The molecule has 1 saturated heterocycles. The van der Waals surface area contributed by atoms with Gasteiger partial charge in [-0.15, -0.1) is 0 Å². The van der Waals surface area contributed by atoms with Crippen molar-refractivity contribution in [2.75, 3.05) is 55.7 Å². The van der Waals surface area contributed by atoms with E-state index < -0.39 is 11.9 Å². The second kappa shape index (κ2) is 20.2. The minimum absolute atomic E-state index is 0. The van der Waals surface area contributed by atoms with Crippen LogP contribution in [-0.2, 0) is 27.5 Å². The summed E-state index contributed by atoms with van der Waals surface area (Å²) in [7, 11) is 9.52. The van der Waals surface area contributed by atoms with Crippen molar-refractivity contribution in [1.29, 1.82) is 0 Å². The summed E-state index contributed by atoms with van der Waals surface area (Å²) in [5.74, 6) is 0.861. The number of methoxy groups -OCH3 is 6. The highest BCUT2D eigenvalue weighted by Crippen LogP contribution is 2.42. The van der Waals surface area contributed by atoms with Gasteiger partial charge in [0, 0.05) is 56.1 Å². The Morgan fingerprint density at radius 1 is 0.691 bits per heavy atom. The molecule has 15 heteroatoms. The molecule has 15 nitrogen and oxygen atoms in total. The van der Waals surface area contributed by atoms with Gasteiger partial charge in [0.1, 0.15) is 0 Å². The van der Waals surface area contributed by atoms with Crippen LogP contribution in [-0.4, -0.2) is 98.7 Å². The highest BCUT2D eigenvalue weighted by atomic mass is 16.5. The van der Waals surface area contributed by atoms with Crippen molar-refractivity contribution >= 4 is 17.8 Å². The van der Waals surface area contributed by atoms with Crippen LogP contribution in [0.1, 0.15) is 25.4 Å². The molecule has 1 aliphatic heterocycles. The number of likely N-dealkylation sites (tertiary alicyclic amines) is 1. The first-order chi connectivity index (χ1) is 26.5. The quantitative estimate of drug-likeness (QED) is 0.132. The number of hydrogen-bond acceptors (Lipinski definition) is 12. The Labute approximate surface area is 320 Å². The van der Waals surface area contributed by atoms with E-state index in [0.717, 1.165) is 66.1 Å². The summed E-state index contributed by atoms with van der Waals surface area (Å²) in [5, 5.41) is 18.8. The van der Waals surface area contributed by atoms with Gasteiger partial charge < -0.3 is 44.0 Å². The van der Waals surface area contributed by atoms with Crippen molar-refractivity contribution in [2.45, 2.75) is 25.9 Å². The molecule has 1 amide bonds. The van der Waals surface area contributed by atoms with E-state index in [1.807, 2.05) is 48.7 Å². The molecule has 5 rings (SSSR count). The average Bonchev–Trinajstić information content (AvgIpc) is 3.21. The topological polar surface area (TPSA) is 188 Å². The van der Waals surface area contributed by atoms with Crippen LogP contribution >= 0.6 is 0 Å². The predicted octanol–water partition coefficient (Wildman–Crippen LogP) is 5.35. The van der Waals surface area contributed by atoms with E-state index >= 15 is 0 Å². The normalized spacial score (nSPS) is 12.9. The molecule has 294 valence electrons. The maximum atomic E-state index is 13.2. The minimum Gasteiger partial charge on any atom is -0.493 e. The van der Waals surface area contributed by atoms with Gasteiger partial charge in [0.15, 0.2) is 23.0 Å². The number of benzene rings is 2. The van der Waals surface area contributed by atoms with Gasteiger partial charge in [-0.25, -0.2) is 9.59 Å². The Morgan fingerprint density at radius 2 is 1.11 bits per heavy atom. The summed E-state index contributed by atoms with van der Waals surface area (Å²) in [6.45, 7) is 2.86. The lowest BCUT2D eigenvalue weighted by molar-refractivity contribution is -0.134. The van der Waals surface area contributed by atoms with Crippen molar-refractivity contribution in [3.63, 3.8) is 0 Å². The van der Waals surface area contributed by atoms with E-state index in [2.05, 4.69) is 26.3 Å². The van der Waals surface area contributed by atoms with Gasteiger partial charge >= 0.3 is 11.9 Å². The van der Waals surface area contributed by atoms with E-state index in [-0.39, 0.29) is 13.3 Å². The number of carboxylic acid groups (broad SMARTS) is 2. The summed E-state index contributed by atoms with van der Waals surface area (Å²) in [4.78, 5) is 43.8. The van der Waals surface area contributed by atoms with Crippen LogP contribution in [0, 0.1) is 5.92 Å². The molecule has 0 saturated carbocycles. The monoisotopic (exact) mass is 760 g/mol. The van der Waals surface area contributed by atoms with Gasteiger partial charge in [-0.2, -0.15) is 0 Å². The van der Waals surface area contributed by atoms with Crippen LogP contribution < -0.4 is 33.7 Å². The molecule has 0 radical (unpaired) electrons. The van der Waals surface area contributed by atoms with Crippen LogP contribution in [0.2, 0.25) is 0 Å². The number of carbonyl (C=O) groups is 3. The Bertz CT molecular complexity index is 1920. The summed E-state index contributed by atoms with van der Waals surface area (Å²) >= 11 is 0. The predicted molar refractivity (Wildman–Crippen MR) is 205 cm³/mol. The summed E-state index contributed by atoms with van der Waals surface area (Å²) in [6.07, 6.45) is 6.27. The zero-order valence-electron chi connectivity index (χ0n) is 31.7. The van der Waals surface area contributed by atoms with E-state index in [0.29, 0.717) is 53.2 Å². The Hall–Kier alpha value is -6.35. The summed E-state index contributed by atoms with van der Waals surface area (Å²) < 4.78 is 32.9. The van der Waals surface area contributed by atoms with Crippen molar-refractivity contribution in [3.8, 4) is 57.0 Å². The standard InChI is InChI=1S/C36H42N4O7.C4H4O4.H2/c1-42-30-17-26(18-31(43-2)34(30)46-5)28-15-23(7-11-37-28)21-39-36(41)25-9-13-40(14-10-25)22-24-8-12-38-29(16-24)27-19-32(44-3)35(47-6)33(20-27)45-4;5-3(6)1-2-4(7)8;/h7-8,11-12,15-20,25H,9-10,13-14,21-22H2,1-6H3,(H,39,41);1-2H,(H,5,6)(H,7,8);1H/b;2-1-;. The Kier molecular flexibility index (Phi) is 15.2. The molecule has 0 spiro atoms. The maximum absolute atomic E-state index is 13.2. The molecule has 0 aliphatic carbocycles. The SMILES string of the molecule is COc1cc(-c2cc(CNC(=O)C3CCN(Cc4ccnc(-c5cc(OC)c(OC)c(OC)c5)c4)CC3)ccn2)cc(OC)c1OC.O=C(O)/C=C\C(=O)O.[HH]. The lowest BCUT2D eigenvalue weighted by Gasteiger charge is -2.31. The second-order valence-electron chi connectivity index (χ2n) is 12.2. The van der Waals surface area contributed by atoms with E-state index in [9.17, 15) is 14.4 Å². The van der Waals surface area contributed by atoms with Gasteiger partial charge in [-0.05, 0) is 85.6 Å². The number of hydrogen-bond donors (Lipinski definition) is 3. The fourth-order valence-electron chi connectivity index (χ4n) is 6.02. The second-order valence-corrected chi connectivity index (χ2v) is 12.2. The smallest absolute Gasteiger partial charge is 0.328 e. The fraction of sp³-hybridized carbons (Fsp3) is 0.325. The first kappa shape index (κ1) is 41.4. The van der Waals surface area contributed by atoms with Gasteiger partial charge in [0.05, 0.1) is 54.0 Å². The lowest BCUT2D eigenvalue weighted by Crippen LogP contribution is -2.40. The first-order valence-electron chi connectivity index (χ1n) is 17.2. The van der Waals surface area contributed by atoms with Crippen LogP contribution in [0.3, 0.4) is 0 Å². The average molecular weight is 761 g/mol. The highest BCUT2D eigenvalue weighted by Gasteiger charge is 2.25. The molecule has 2 aromatic carbocycles.